The van der Waals surface area contributed by atoms with Crippen molar-refractivity contribution < 1.29 is 8.83 Å². The molecule has 2 aromatic heterocycles. The van der Waals surface area contributed by atoms with Gasteiger partial charge in [0.2, 0.25) is 0 Å². The first kappa shape index (κ1) is 36.3. The van der Waals surface area contributed by atoms with Crippen LogP contribution in [0.15, 0.2) is 191 Å². The highest BCUT2D eigenvalue weighted by molar-refractivity contribution is 6.26. The van der Waals surface area contributed by atoms with Crippen molar-refractivity contribution in [2.75, 3.05) is 0 Å². The predicted octanol–water partition coefficient (Wildman–Crippen LogP) is 17.3. The molecule has 2 unspecified atom stereocenters. The number of fused-ring (bicyclic) bond motifs is 6. The fraction of sp³-hybridized carbons (Fsp3) is 0.161. The third kappa shape index (κ3) is 5.32. The summed E-state index contributed by atoms with van der Waals surface area (Å²) in [7, 11) is 0. The minimum Gasteiger partial charge on any atom is -0.456 e. The van der Waals surface area contributed by atoms with Crippen molar-refractivity contribution in [1.29, 1.82) is 0 Å². The smallest absolute Gasteiger partial charge is 0.139 e. The lowest BCUT2D eigenvalue weighted by Crippen LogP contribution is -2.14. The van der Waals surface area contributed by atoms with Gasteiger partial charge in [0.1, 0.15) is 22.3 Å². The van der Waals surface area contributed by atoms with Crippen LogP contribution in [0.4, 0.5) is 0 Å². The first-order valence-corrected chi connectivity index (χ1v) is 23.4. The summed E-state index contributed by atoms with van der Waals surface area (Å²) in [5, 5.41) is 13.0. The average molecular weight is 823 g/mol. The molecule has 0 bridgehead atoms. The van der Waals surface area contributed by atoms with Crippen LogP contribution in [0.1, 0.15) is 107 Å². The first-order valence-electron chi connectivity index (χ1n) is 23.4. The topological polar surface area (TPSA) is 26.3 Å². The molecule has 64 heavy (non-hydrogen) atoms. The lowest BCUT2D eigenvalue weighted by Gasteiger charge is -2.33. The Morgan fingerprint density at radius 3 is 1.14 bits per heavy atom. The van der Waals surface area contributed by atoms with E-state index in [0.717, 1.165) is 22.3 Å². The number of benzene rings is 10. The normalized spacial score (nSPS) is 15.8. The van der Waals surface area contributed by atoms with Gasteiger partial charge in [0.05, 0.1) is 0 Å². The molecule has 0 N–H and O–H groups in total. The third-order valence-corrected chi connectivity index (χ3v) is 15.5. The molecule has 0 spiro atoms. The number of rotatable bonds is 8. The van der Waals surface area contributed by atoms with Gasteiger partial charge in [-0.3, -0.25) is 0 Å². The van der Waals surface area contributed by atoms with E-state index in [9.17, 15) is 0 Å². The Kier molecular flexibility index (Phi) is 8.05. The molecule has 0 saturated heterocycles. The van der Waals surface area contributed by atoms with E-state index in [2.05, 4.69) is 182 Å². The Morgan fingerprint density at radius 2 is 0.719 bits per heavy atom. The van der Waals surface area contributed by atoms with Crippen LogP contribution < -0.4 is 0 Å². The van der Waals surface area contributed by atoms with Gasteiger partial charge in [-0.15, -0.1) is 0 Å². The summed E-state index contributed by atoms with van der Waals surface area (Å²) in [6, 6.07) is 68.2. The summed E-state index contributed by atoms with van der Waals surface area (Å²) in [6.07, 6.45) is 7.49. The minimum atomic E-state index is -0.0396. The second-order valence-electron chi connectivity index (χ2n) is 18.8. The molecule has 2 aliphatic rings. The number of hydrogen-bond acceptors (Lipinski definition) is 2. The third-order valence-electron chi connectivity index (χ3n) is 15.5. The van der Waals surface area contributed by atoms with Crippen molar-refractivity contribution in [1.82, 2.24) is 0 Å². The molecule has 2 nitrogen and oxygen atoms in total. The largest absolute Gasteiger partial charge is 0.456 e. The maximum Gasteiger partial charge on any atom is 0.139 e. The molecule has 2 fully saturated rings. The summed E-state index contributed by atoms with van der Waals surface area (Å²) in [5.74, 6) is 0.995. The van der Waals surface area contributed by atoms with Gasteiger partial charge in [0.15, 0.2) is 0 Å². The van der Waals surface area contributed by atoms with Crippen molar-refractivity contribution in [2.45, 2.75) is 62.2 Å². The van der Waals surface area contributed by atoms with Crippen LogP contribution in [0.25, 0.3) is 76.2 Å². The van der Waals surface area contributed by atoms with Gasteiger partial charge in [0.25, 0.3) is 0 Å². The van der Waals surface area contributed by atoms with Crippen molar-refractivity contribution in [2.24, 2.45) is 0 Å². The molecule has 2 heteroatoms. The molecule has 0 amide bonds. The van der Waals surface area contributed by atoms with Gasteiger partial charge >= 0.3 is 0 Å². The standard InChI is InChI=1S/C62H46O2/c1-3-15-39(16-4-1)57(49-27-13-25-47-41-23-7-9-29-55(41)63-61(47)49)53-35-51(37-19-11-20-37)43-32-34-46-54(36-52(38-21-12-22-38)44-31-33-45(53)59(43)60(44)46)58(40-17-5-2-6-18-40)50-28-14-26-48-42-24-8-10-30-56(42)64-62(48)50/h1-10,13-18,23-38,57-58H,11-12,19-22H2. The highest BCUT2D eigenvalue weighted by Gasteiger charge is 2.33. The molecule has 2 aliphatic carbocycles. The van der Waals surface area contributed by atoms with Gasteiger partial charge < -0.3 is 8.83 Å². The maximum absolute atomic E-state index is 6.87. The number of para-hydroxylation sites is 4. The Morgan fingerprint density at radius 1 is 0.328 bits per heavy atom. The van der Waals surface area contributed by atoms with Crippen molar-refractivity contribution in [3.63, 3.8) is 0 Å². The molecular formula is C62H46O2. The van der Waals surface area contributed by atoms with Crippen molar-refractivity contribution >= 4 is 76.2 Å². The SMILES string of the molecule is c1ccc(C(c2cc(C3CCC3)c3ccc4c(C(c5ccccc5)c5cccc6c5oc5ccccc56)cc(C5CCC5)c5ccc2c3c54)c2cccc3c2oc2ccccc23)cc1. The Bertz CT molecular complexity index is 3500. The van der Waals surface area contributed by atoms with E-state index in [1.54, 1.807) is 0 Å². The second-order valence-corrected chi connectivity index (χ2v) is 18.8. The molecule has 2 heterocycles. The van der Waals surface area contributed by atoms with Crippen LogP contribution in [0.5, 0.6) is 0 Å². The highest BCUT2D eigenvalue weighted by atomic mass is 16.3. The van der Waals surface area contributed by atoms with E-state index in [1.165, 1.54) is 137 Å². The lowest BCUT2D eigenvalue weighted by molar-refractivity contribution is 0.422. The molecule has 2 atom stereocenters. The van der Waals surface area contributed by atoms with Crippen molar-refractivity contribution in [3.05, 3.63) is 226 Å². The van der Waals surface area contributed by atoms with E-state index in [-0.39, 0.29) is 11.8 Å². The molecule has 0 radical (unpaired) electrons. The Hall–Kier alpha value is -7.16. The van der Waals surface area contributed by atoms with Gasteiger partial charge in [-0.2, -0.15) is 0 Å². The van der Waals surface area contributed by atoms with Gasteiger partial charge in [-0.1, -0.05) is 183 Å². The number of hydrogen-bond donors (Lipinski definition) is 0. The van der Waals surface area contributed by atoms with E-state index < -0.39 is 0 Å². The monoisotopic (exact) mass is 822 g/mol. The minimum absolute atomic E-state index is 0.0396. The van der Waals surface area contributed by atoms with Gasteiger partial charge in [0, 0.05) is 44.5 Å². The zero-order valence-corrected chi connectivity index (χ0v) is 35.7. The van der Waals surface area contributed by atoms with Crippen LogP contribution in [0.2, 0.25) is 0 Å². The molecule has 14 rings (SSSR count). The Labute approximate surface area is 372 Å². The zero-order valence-electron chi connectivity index (χ0n) is 35.7. The molecule has 306 valence electrons. The van der Waals surface area contributed by atoms with Gasteiger partial charge in [-0.25, -0.2) is 0 Å². The number of furan rings is 2. The summed E-state index contributed by atoms with van der Waals surface area (Å²) < 4.78 is 13.7. The summed E-state index contributed by atoms with van der Waals surface area (Å²) >= 11 is 0. The zero-order chi connectivity index (χ0) is 41.9. The van der Waals surface area contributed by atoms with E-state index in [0.29, 0.717) is 11.8 Å². The summed E-state index contributed by atoms with van der Waals surface area (Å²) in [5.41, 5.74) is 14.6. The van der Waals surface area contributed by atoms with Crippen LogP contribution in [0.3, 0.4) is 0 Å². The quantitative estimate of drug-likeness (QED) is 0.113. The van der Waals surface area contributed by atoms with Crippen LogP contribution in [0, 0.1) is 0 Å². The summed E-state index contributed by atoms with van der Waals surface area (Å²) in [6.45, 7) is 0. The van der Waals surface area contributed by atoms with Crippen LogP contribution in [-0.4, -0.2) is 0 Å². The van der Waals surface area contributed by atoms with Gasteiger partial charge in [-0.05, 0) is 115 Å². The van der Waals surface area contributed by atoms with E-state index >= 15 is 0 Å². The molecule has 0 aliphatic heterocycles. The lowest BCUT2D eigenvalue weighted by atomic mass is 9.71. The summed E-state index contributed by atoms with van der Waals surface area (Å²) in [4.78, 5) is 0. The van der Waals surface area contributed by atoms with E-state index in [4.69, 9.17) is 8.83 Å². The fourth-order valence-electron chi connectivity index (χ4n) is 12.0. The second kappa shape index (κ2) is 14.2. The Balaban J connectivity index is 1.11. The molecule has 2 saturated carbocycles. The van der Waals surface area contributed by atoms with Crippen LogP contribution in [-0.2, 0) is 0 Å². The first-order chi connectivity index (χ1) is 31.8. The molecule has 12 aromatic rings. The van der Waals surface area contributed by atoms with Crippen molar-refractivity contribution in [3.8, 4) is 0 Å². The average Bonchev–Trinajstić information content (AvgIpc) is 3.89. The van der Waals surface area contributed by atoms with E-state index in [1.807, 2.05) is 0 Å². The fourth-order valence-corrected chi connectivity index (χ4v) is 12.0. The molecular weight excluding hydrogens is 777 g/mol. The van der Waals surface area contributed by atoms with Crippen LogP contribution >= 0.6 is 0 Å². The maximum atomic E-state index is 6.87. The highest BCUT2D eigenvalue weighted by Crippen LogP contribution is 2.53. The molecule has 10 aromatic carbocycles. The predicted molar refractivity (Wildman–Crippen MR) is 266 cm³/mol.